The number of aryl methyl sites for hydroxylation is 2. The minimum Gasteiger partial charge on any atom is -0.383 e. The fourth-order valence-corrected chi connectivity index (χ4v) is 2.40. The first kappa shape index (κ1) is 13.6. The number of rotatable bonds is 2. The summed E-state index contributed by atoms with van der Waals surface area (Å²) >= 11 is 0. The largest absolute Gasteiger partial charge is 0.383 e. The second-order valence-corrected chi connectivity index (χ2v) is 5.89. The summed E-state index contributed by atoms with van der Waals surface area (Å²) in [4.78, 5) is 4.72. The fourth-order valence-electron chi connectivity index (χ4n) is 2.40. The smallest absolute Gasteiger partial charge is 0.132 e. The van der Waals surface area contributed by atoms with Gasteiger partial charge in [-0.2, -0.15) is 5.10 Å². The maximum atomic E-state index is 6.34. The van der Waals surface area contributed by atoms with Crippen molar-refractivity contribution in [3.8, 4) is 11.3 Å². The third-order valence-corrected chi connectivity index (χ3v) is 3.46. The van der Waals surface area contributed by atoms with Gasteiger partial charge < -0.3 is 10.3 Å². The Morgan fingerprint density at radius 1 is 1.32 bits per heavy atom. The van der Waals surface area contributed by atoms with Crippen LogP contribution >= 0.6 is 0 Å². The zero-order valence-electron chi connectivity index (χ0n) is 12.7. The molecule has 19 heavy (non-hydrogen) atoms. The van der Waals surface area contributed by atoms with Crippen molar-refractivity contribution in [1.29, 1.82) is 0 Å². The lowest BCUT2D eigenvalue weighted by Crippen LogP contribution is -2.25. The summed E-state index contributed by atoms with van der Waals surface area (Å²) in [6, 6.07) is 0. The highest BCUT2D eigenvalue weighted by molar-refractivity contribution is 5.72. The number of nitrogen functional groups attached to an aromatic ring is 1. The van der Waals surface area contributed by atoms with Gasteiger partial charge in [0.1, 0.15) is 17.3 Å². The van der Waals surface area contributed by atoms with Gasteiger partial charge in [-0.15, -0.1) is 0 Å². The van der Waals surface area contributed by atoms with E-state index in [1.807, 2.05) is 24.9 Å². The Kier molecular flexibility index (Phi) is 3.16. The zero-order chi connectivity index (χ0) is 14.4. The maximum Gasteiger partial charge on any atom is 0.132 e. The summed E-state index contributed by atoms with van der Waals surface area (Å²) in [6.07, 6.45) is 2.70. The van der Waals surface area contributed by atoms with Crippen molar-refractivity contribution in [1.82, 2.24) is 19.3 Å². The molecule has 2 aromatic heterocycles. The molecule has 0 aliphatic rings. The van der Waals surface area contributed by atoms with Crippen LogP contribution in [0.4, 0.5) is 5.82 Å². The summed E-state index contributed by atoms with van der Waals surface area (Å²) < 4.78 is 3.96. The SMILES string of the molecule is CCc1nc(-c2cnn(C)c2C)c(N)n1C(C)(C)C. The van der Waals surface area contributed by atoms with Crippen molar-refractivity contribution in [2.24, 2.45) is 7.05 Å². The molecule has 0 unspecified atom stereocenters. The lowest BCUT2D eigenvalue weighted by atomic mass is 10.1. The van der Waals surface area contributed by atoms with Gasteiger partial charge in [0.15, 0.2) is 0 Å². The Morgan fingerprint density at radius 2 is 1.95 bits per heavy atom. The molecule has 0 fully saturated rings. The molecule has 104 valence electrons. The van der Waals surface area contributed by atoms with E-state index in [-0.39, 0.29) is 5.54 Å². The van der Waals surface area contributed by atoms with Gasteiger partial charge in [0.25, 0.3) is 0 Å². The molecule has 5 heteroatoms. The van der Waals surface area contributed by atoms with Crippen LogP contribution in [0, 0.1) is 6.92 Å². The lowest BCUT2D eigenvalue weighted by Gasteiger charge is -2.24. The van der Waals surface area contributed by atoms with E-state index in [4.69, 9.17) is 10.7 Å². The predicted octanol–water partition coefficient (Wildman–Crippen LogP) is 2.49. The summed E-state index contributed by atoms with van der Waals surface area (Å²) in [5.41, 5.74) is 9.20. The molecule has 0 amide bonds. The molecule has 5 nitrogen and oxygen atoms in total. The molecule has 2 rings (SSSR count). The third kappa shape index (κ3) is 2.13. The van der Waals surface area contributed by atoms with Crippen molar-refractivity contribution in [3.63, 3.8) is 0 Å². The predicted molar refractivity (Wildman–Crippen MR) is 78.0 cm³/mol. The van der Waals surface area contributed by atoms with Gasteiger partial charge in [-0.25, -0.2) is 4.98 Å². The highest BCUT2D eigenvalue weighted by Crippen LogP contribution is 2.32. The van der Waals surface area contributed by atoms with Crippen LogP contribution in [0.1, 0.15) is 39.2 Å². The van der Waals surface area contributed by atoms with Crippen LogP contribution in [0.15, 0.2) is 6.20 Å². The minimum atomic E-state index is -0.0726. The lowest BCUT2D eigenvalue weighted by molar-refractivity contribution is 0.389. The first-order valence-corrected chi connectivity index (χ1v) is 6.64. The van der Waals surface area contributed by atoms with E-state index in [1.165, 1.54) is 0 Å². The number of hydrogen-bond donors (Lipinski definition) is 1. The number of hydrogen-bond acceptors (Lipinski definition) is 3. The van der Waals surface area contributed by atoms with Crippen LogP contribution in [-0.2, 0) is 19.0 Å². The molecule has 0 radical (unpaired) electrons. The van der Waals surface area contributed by atoms with E-state index in [9.17, 15) is 0 Å². The highest BCUT2D eigenvalue weighted by atomic mass is 15.3. The highest BCUT2D eigenvalue weighted by Gasteiger charge is 2.25. The summed E-state index contributed by atoms with van der Waals surface area (Å²) in [6.45, 7) is 10.6. The molecule has 0 bridgehead atoms. The number of imidazole rings is 1. The minimum absolute atomic E-state index is 0.0726. The van der Waals surface area contributed by atoms with Crippen molar-refractivity contribution < 1.29 is 0 Å². The average molecular weight is 261 g/mol. The van der Waals surface area contributed by atoms with E-state index in [1.54, 1.807) is 0 Å². The van der Waals surface area contributed by atoms with Gasteiger partial charge in [0.2, 0.25) is 0 Å². The molecular weight excluding hydrogens is 238 g/mol. The molecule has 0 saturated heterocycles. The van der Waals surface area contributed by atoms with E-state index in [2.05, 4.69) is 37.4 Å². The molecule has 0 aliphatic heterocycles. The zero-order valence-corrected chi connectivity index (χ0v) is 12.7. The van der Waals surface area contributed by atoms with Crippen LogP contribution in [-0.4, -0.2) is 19.3 Å². The molecular formula is C14H23N5. The molecule has 2 aromatic rings. The topological polar surface area (TPSA) is 61.7 Å². The number of anilines is 1. The summed E-state index contributed by atoms with van der Waals surface area (Å²) in [5.74, 6) is 1.74. The Labute approximate surface area is 114 Å². The number of aromatic nitrogens is 4. The van der Waals surface area contributed by atoms with Crippen molar-refractivity contribution in [3.05, 3.63) is 17.7 Å². The van der Waals surface area contributed by atoms with Crippen molar-refractivity contribution in [2.45, 2.75) is 46.6 Å². The second kappa shape index (κ2) is 4.40. The Balaban J connectivity index is 2.67. The van der Waals surface area contributed by atoms with Gasteiger partial charge >= 0.3 is 0 Å². The van der Waals surface area contributed by atoms with Crippen LogP contribution in [0.3, 0.4) is 0 Å². The first-order chi connectivity index (χ1) is 8.77. The Morgan fingerprint density at radius 3 is 2.32 bits per heavy atom. The van der Waals surface area contributed by atoms with Crippen LogP contribution in [0.2, 0.25) is 0 Å². The standard InChI is InChI=1S/C14H23N5/c1-7-11-17-12(10-8-16-18(6)9(10)2)13(15)19(11)14(3,4)5/h8H,7,15H2,1-6H3. The van der Waals surface area contributed by atoms with Crippen LogP contribution in [0.25, 0.3) is 11.3 Å². The quantitative estimate of drug-likeness (QED) is 0.903. The van der Waals surface area contributed by atoms with Crippen molar-refractivity contribution in [2.75, 3.05) is 5.73 Å². The number of nitrogens with two attached hydrogens (primary N) is 1. The summed E-state index contributed by atoms with van der Waals surface area (Å²) in [5, 5.41) is 4.27. The summed E-state index contributed by atoms with van der Waals surface area (Å²) in [7, 11) is 1.93. The van der Waals surface area contributed by atoms with Gasteiger partial charge in [-0.3, -0.25) is 4.68 Å². The Hall–Kier alpha value is -1.78. The van der Waals surface area contributed by atoms with Crippen LogP contribution < -0.4 is 5.73 Å². The van der Waals surface area contributed by atoms with Gasteiger partial charge in [0, 0.05) is 30.3 Å². The van der Waals surface area contributed by atoms with Gasteiger partial charge in [-0.05, 0) is 27.7 Å². The monoisotopic (exact) mass is 261 g/mol. The Bertz CT molecular complexity index is 598. The molecule has 0 spiro atoms. The van der Waals surface area contributed by atoms with Gasteiger partial charge in [-0.1, -0.05) is 6.92 Å². The van der Waals surface area contributed by atoms with E-state index in [0.29, 0.717) is 0 Å². The second-order valence-electron chi connectivity index (χ2n) is 5.89. The maximum absolute atomic E-state index is 6.34. The normalized spacial score (nSPS) is 12.1. The molecule has 0 aliphatic carbocycles. The van der Waals surface area contributed by atoms with E-state index >= 15 is 0 Å². The molecule has 0 saturated carbocycles. The molecule has 2 heterocycles. The van der Waals surface area contributed by atoms with Crippen molar-refractivity contribution >= 4 is 5.82 Å². The fraction of sp³-hybridized carbons (Fsp3) is 0.571. The average Bonchev–Trinajstić information content (AvgIpc) is 2.80. The number of nitrogens with zero attached hydrogens (tertiary/aromatic N) is 4. The molecule has 2 N–H and O–H groups in total. The molecule has 0 aromatic carbocycles. The third-order valence-electron chi connectivity index (χ3n) is 3.46. The van der Waals surface area contributed by atoms with Crippen LogP contribution in [0.5, 0.6) is 0 Å². The molecule has 0 atom stereocenters. The van der Waals surface area contributed by atoms with Gasteiger partial charge in [0.05, 0.1) is 6.20 Å². The first-order valence-electron chi connectivity index (χ1n) is 6.64. The van der Waals surface area contributed by atoms with E-state index in [0.717, 1.165) is 35.0 Å². The van der Waals surface area contributed by atoms with E-state index < -0.39 is 0 Å².